The monoisotopic (exact) mass is 259 g/mol. The van der Waals surface area contributed by atoms with Crippen LogP contribution in [0.5, 0.6) is 11.5 Å². The van der Waals surface area contributed by atoms with Crippen LogP contribution < -0.4 is 5.32 Å². The van der Waals surface area contributed by atoms with E-state index in [4.69, 9.17) is 0 Å². The molecule has 0 aromatic heterocycles. The van der Waals surface area contributed by atoms with Crippen molar-refractivity contribution in [2.24, 2.45) is 0 Å². The summed E-state index contributed by atoms with van der Waals surface area (Å²) in [6.45, 7) is 2.07. The topological polar surface area (TPSA) is 89.8 Å². The van der Waals surface area contributed by atoms with Gasteiger partial charge in [0.25, 0.3) is 0 Å². The summed E-state index contributed by atoms with van der Waals surface area (Å²) in [6, 6.07) is 2.73. The highest BCUT2D eigenvalue weighted by molar-refractivity contribution is 5.85. The Morgan fingerprint density at radius 3 is 2.53 bits per heavy atom. The van der Waals surface area contributed by atoms with E-state index in [9.17, 15) is 20.1 Å². The largest absolute Gasteiger partial charge is 0.504 e. The van der Waals surface area contributed by atoms with Gasteiger partial charge in [0.2, 0.25) is 0 Å². The lowest BCUT2D eigenvalue weighted by Gasteiger charge is -2.33. The molecule has 1 aliphatic rings. The zero-order valence-corrected chi connectivity index (χ0v) is 10.0. The molecule has 0 fully saturated rings. The summed E-state index contributed by atoms with van der Waals surface area (Å²) in [5.74, 6) is -1.51. The first-order valence-electron chi connectivity index (χ1n) is 4.99. The number of hydrogen-bond donors (Lipinski definition) is 4. The fourth-order valence-corrected chi connectivity index (χ4v) is 2.03. The lowest BCUT2D eigenvalue weighted by molar-refractivity contribution is -0.144. The van der Waals surface area contributed by atoms with E-state index in [0.717, 1.165) is 5.56 Å². The summed E-state index contributed by atoms with van der Waals surface area (Å²) in [5, 5.41) is 30.9. The maximum atomic E-state index is 11.2. The van der Waals surface area contributed by atoms with E-state index >= 15 is 0 Å². The fraction of sp³-hybridized carbons (Fsp3) is 0.364. The molecule has 0 saturated carbocycles. The Balaban J connectivity index is 0.00000144. The molecule has 94 valence electrons. The standard InChI is InChI=1S/C11H13NO4.ClH/c1-11(10(15)16)7-5-9(14)8(13)4-6(7)2-3-12-11;/h4-5,12-14H,2-3H2,1H3,(H,15,16);1H/t11-;/m1./s1. The predicted octanol–water partition coefficient (Wildman–Crippen LogP) is 0.965. The van der Waals surface area contributed by atoms with Crippen LogP contribution in [0.1, 0.15) is 18.1 Å². The van der Waals surface area contributed by atoms with E-state index in [1.54, 1.807) is 6.92 Å². The van der Waals surface area contributed by atoms with Crippen LogP contribution in [0.4, 0.5) is 0 Å². The SMILES string of the molecule is C[C@@]1(C(=O)O)NCCc2cc(O)c(O)cc21.Cl. The molecule has 5 nitrogen and oxygen atoms in total. The molecular weight excluding hydrogens is 246 g/mol. The molecule has 0 bridgehead atoms. The maximum Gasteiger partial charge on any atom is 0.328 e. The van der Waals surface area contributed by atoms with Gasteiger partial charge in [0.15, 0.2) is 11.5 Å². The minimum atomic E-state index is -1.21. The van der Waals surface area contributed by atoms with Gasteiger partial charge in [-0.25, -0.2) is 4.79 Å². The first-order chi connectivity index (χ1) is 7.45. The van der Waals surface area contributed by atoms with Crippen molar-refractivity contribution in [3.8, 4) is 11.5 Å². The van der Waals surface area contributed by atoms with Gasteiger partial charge in [0.05, 0.1) is 0 Å². The minimum absolute atomic E-state index is 0. The molecule has 6 heteroatoms. The Labute approximate surface area is 104 Å². The summed E-state index contributed by atoms with van der Waals surface area (Å²) in [6.07, 6.45) is 0.631. The number of aromatic hydroxyl groups is 2. The third-order valence-electron chi connectivity index (χ3n) is 3.04. The van der Waals surface area contributed by atoms with E-state index < -0.39 is 11.5 Å². The van der Waals surface area contributed by atoms with Crippen LogP contribution in [0.15, 0.2) is 12.1 Å². The average Bonchev–Trinajstić information content (AvgIpc) is 2.21. The number of hydrogen-bond acceptors (Lipinski definition) is 4. The summed E-state index contributed by atoms with van der Waals surface area (Å²) in [7, 11) is 0. The van der Waals surface area contributed by atoms with E-state index in [2.05, 4.69) is 5.32 Å². The highest BCUT2D eigenvalue weighted by Crippen LogP contribution is 2.36. The number of nitrogens with one attached hydrogen (secondary N) is 1. The van der Waals surface area contributed by atoms with Gasteiger partial charge in [-0.05, 0) is 36.6 Å². The van der Waals surface area contributed by atoms with Crippen molar-refractivity contribution in [3.63, 3.8) is 0 Å². The molecule has 0 aliphatic carbocycles. The van der Waals surface area contributed by atoms with Gasteiger partial charge in [-0.2, -0.15) is 0 Å². The Bertz CT molecular complexity index is 463. The maximum absolute atomic E-state index is 11.2. The highest BCUT2D eigenvalue weighted by Gasteiger charge is 2.39. The Morgan fingerprint density at radius 1 is 1.35 bits per heavy atom. The molecule has 0 radical (unpaired) electrons. The Hall–Kier alpha value is -1.46. The van der Waals surface area contributed by atoms with Crippen molar-refractivity contribution in [1.82, 2.24) is 5.32 Å². The zero-order valence-electron chi connectivity index (χ0n) is 9.23. The van der Waals surface area contributed by atoms with Crippen molar-refractivity contribution in [2.75, 3.05) is 6.54 Å². The van der Waals surface area contributed by atoms with Gasteiger partial charge in [0.1, 0.15) is 5.54 Å². The van der Waals surface area contributed by atoms with Gasteiger partial charge >= 0.3 is 5.97 Å². The van der Waals surface area contributed by atoms with Gasteiger partial charge in [-0.1, -0.05) is 0 Å². The van der Waals surface area contributed by atoms with Crippen molar-refractivity contribution >= 4 is 18.4 Å². The predicted molar refractivity (Wildman–Crippen MR) is 63.7 cm³/mol. The molecule has 0 spiro atoms. The molecular formula is C11H14ClNO4. The van der Waals surface area contributed by atoms with Crippen LogP contribution in [0, 0.1) is 0 Å². The third kappa shape index (κ3) is 2.03. The van der Waals surface area contributed by atoms with Crippen molar-refractivity contribution in [1.29, 1.82) is 0 Å². The molecule has 1 atom stereocenters. The lowest BCUT2D eigenvalue weighted by Crippen LogP contribution is -2.50. The second-order valence-corrected chi connectivity index (χ2v) is 4.10. The third-order valence-corrected chi connectivity index (χ3v) is 3.04. The normalized spacial score (nSPS) is 22.4. The average molecular weight is 260 g/mol. The Kier molecular flexibility index (Phi) is 3.54. The summed E-state index contributed by atoms with van der Waals surface area (Å²) >= 11 is 0. The number of carboxylic acid groups (broad SMARTS) is 1. The van der Waals surface area contributed by atoms with Gasteiger partial charge in [-0.3, -0.25) is 5.32 Å². The van der Waals surface area contributed by atoms with Crippen LogP contribution in [0.25, 0.3) is 0 Å². The molecule has 1 heterocycles. The highest BCUT2D eigenvalue weighted by atomic mass is 35.5. The van der Waals surface area contributed by atoms with Crippen LogP contribution in [-0.2, 0) is 16.8 Å². The van der Waals surface area contributed by atoms with Crippen LogP contribution in [-0.4, -0.2) is 27.8 Å². The second kappa shape index (κ2) is 4.43. The Morgan fingerprint density at radius 2 is 1.94 bits per heavy atom. The van der Waals surface area contributed by atoms with Crippen molar-refractivity contribution in [3.05, 3.63) is 23.3 Å². The van der Waals surface area contributed by atoms with E-state index in [0.29, 0.717) is 18.5 Å². The molecule has 1 aromatic carbocycles. The van der Waals surface area contributed by atoms with Crippen molar-refractivity contribution in [2.45, 2.75) is 18.9 Å². The second-order valence-electron chi connectivity index (χ2n) is 4.10. The summed E-state index contributed by atoms with van der Waals surface area (Å²) in [5.41, 5.74) is 0.0409. The molecule has 0 amide bonds. The van der Waals surface area contributed by atoms with E-state index in [1.165, 1.54) is 12.1 Å². The first kappa shape index (κ1) is 13.6. The number of carboxylic acids is 1. The fourth-order valence-electron chi connectivity index (χ4n) is 2.03. The van der Waals surface area contributed by atoms with Gasteiger partial charge < -0.3 is 15.3 Å². The van der Waals surface area contributed by atoms with Gasteiger partial charge in [0, 0.05) is 6.54 Å². The number of carbonyl (C=O) groups is 1. The summed E-state index contributed by atoms with van der Waals surface area (Å²) in [4.78, 5) is 11.2. The molecule has 0 saturated heterocycles. The minimum Gasteiger partial charge on any atom is -0.504 e. The molecule has 0 unspecified atom stereocenters. The number of rotatable bonds is 1. The number of phenols is 2. The molecule has 1 aromatic rings. The first-order valence-corrected chi connectivity index (χ1v) is 4.99. The number of halogens is 1. The molecule has 2 rings (SSSR count). The molecule has 1 aliphatic heterocycles. The lowest BCUT2D eigenvalue weighted by atomic mass is 9.83. The van der Waals surface area contributed by atoms with Gasteiger partial charge in [-0.15, -0.1) is 12.4 Å². The molecule has 4 N–H and O–H groups in total. The van der Waals surface area contributed by atoms with E-state index in [-0.39, 0.29) is 23.9 Å². The van der Waals surface area contributed by atoms with Crippen LogP contribution >= 0.6 is 12.4 Å². The van der Waals surface area contributed by atoms with Crippen LogP contribution in [0.2, 0.25) is 0 Å². The zero-order chi connectivity index (χ0) is 11.9. The molecule has 17 heavy (non-hydrogen) atoms. The smallest absolute Gasteiger partial charge is 0.328 e. The quantitative estimate of drug-likeness (QED) is 0.564. The number of fused-ring (bicyclic) bond motifs is 1. The number of aliphatic carboxylic acids is 1. The summed E-state index contributed by atoms with van der Waals surface area (Å²) < 4.78 is 0. The number of benzene rings is 1. The van der Waals surface area contributed by atoms with Crippen LogP contribution in [0.3, 0.4) is 0 Å². The van der Waals surface area contributed by atoms with E-state index in [1.807, 2.05) is 0 Å². The number of phenolic OH excluding ortho intramolecular Hbond substituents is 2. The van der Waals surface area contributed by atoms with Crippen molar-refractivity contribution < 1.29 is 20.1 Å².